The Kier molecular flexibility index (Phi) is 7.99. The van der Waals surface area contributed by atoms with Crippen LogP contribution < -0.4 is 10.0 Å². The summed E-state index contributed by atoms with van der Waals surface area (Å²) in [5.74, 6) is 1.53. The van der Waals surface area contributed by atoms with Crippen molar-refractivity contribution >= 4 is 16.0 Å². The third-order valence-corrected chi connectivity index (χ3v) is 7.06. The lowest BCUT2D eigenvalue weighted by molar-refractivity contribution is 0.0372. The average Bonchev–Trinajstić information content (AvgIpc) is 2.70. The van der Waals surface area contributed by atoms with Gasteiger partial charge in [0.15, 0.2) is 5.96 Å². The van der Waals surface area contributed by atoms with Crippen molar-refractivity contribution in [3.63, 3.8) is 0 Å². The maximum Gasteiger partial charge on any atom is 0.209 e. The predicted molar refractivity (Wildman–Crippen MR) is 128 cm³/mol. The van der Waals surface area contributed by atoms with Gasteiger partial charge in [0, 0.05) is 37.8 Å². The van der Waals surface area contributed by atoms with E-state index in [0.717, 1.165) is 38.6 Å². The highest BCUT2D eigenvalue weighted by atomic mass is 32.2. The lowest BCUT2D eigenvalue weighted by Gasteiger charge is -2.48. The van der Waals surface area contributed by atoms with Crippen molar-refractivity contribution in [2.75, 3.05) is 39.0 Å². The van der Waals surface area contributed by atoms with Crippen molar-refractivity contribution in [1.29, 1.82) is 0 Å². The van der Waals surface area contributed by atoms with Gasteiger partial charge in [0.25, 0.3) is 0 Å². The molecule has 1 aromatic rings. The molecule has 0 amide bonds. The molecule has 2 unspecified atom stereocenters. The summed E-state index contributed by atoms with van der Waals surface area (Å²) in [6.45, 7) is 11.2. The Balaban J connectivity index is 1.65. The van der Waals surface area contributed by atoms with Crippen molar-refractivity contribution in [2.45, 2.75) is 58.2 Å². The molecule has 0 spiro atoms. The minimum absolute atomic E-state index is 0.396. The number of nitrogens with one attached hydrogen (secondary N) is 2. The SMILES string of the molecule is CCNC(=NCC(C)(C)NS(C)(=O)=O)N1CCC2C(CCCN2Cc2ccccc2)C1. The second-order valence-corrected chi connectivity index (χ2v) is 11.3. The maximum atomic E-state index is 11.6. The molecule has 0 bridgehead atoms. The molecule has 7 nitrogen and oxygen atoms in total. The van der Waals surface area contributed by atoms with Crippen molar-refractivity contribution in [1.82, 2.24) is 19.8 Å². The van der Waals surface area contributed by atoms with E-state index < -0.39 is 15.6 Å². The van der Waals surface area contributed by atoms with Crippen LogP contribution in [0.1, 0.15) is 45.6 Å². The Morgan fingerprint density at radius 2 is 1.94 bits per heavy atom. The van der Waals surface area contributed by atoms with Crippen LogP contribution in [0.2, 0.25) is 0 Å². The predicted octanol–water partition coefficient (Wildman–Crippen LogP) is 2.27. The fourth-order valence-corrected chi connectivity index (χ4v) is 6.01. The van der Waals surface area contributed by atoms with Crippen LogP contribution in [-0.4, -0.2) is 74.7 Å². The Bertz CT molecular complexity index is 841. The van der Waals surface area contributed by atoms with Gasteiger partial charge in [-0.3, -0.25) is 9.89 Å². The van der Waals surface area contributed by atoms with Crippen LogP contribution in [0.5, 0.6) is 0 Å². The zero-order valence-corrected chi connectivity index (χ0v) is 20.3. The highest BCUT2D eigenvalue weighted by Gasteiger charge is 2.36. The molecule has 2 aliphatic rings. The summed E-state index contributed by atoms with van der Waals surface area (Å²) in [5.41, 5.74) is 0.769. The van der Waals surface area contributed by atoms with Crippen LogP contribution in [0.15, 0.2) is 35.3 Å². The molecule has 8 heteroatoms. The minimum atomic E-state index is -3.27. The normalized spacial score (nSPS) is 23.5. The summed E-state index contributed by atoms with van der Waals surface area (Å²) in [4.78, 5) is 9.85. The van der Waals surface area contributed by atoms with Crippen molar-refractivity contribution in [3.05, 3.63) is 35.9 Å². The summed E-state index contributed by atoms with van der Waals surface area (Å²) < 4.78 is 26.0. The number of rotatable bonds is 7. The van der Waals surface area contributed by atoms with Crippen LogP contribution in [0.3, 0.4) is 0 Å². The summed E-state index contributed by atoms with van der Waals surface area (Å²) in [6.07, 6.45) is 4.82. The van der Waals surface area contributed by atoms with Crippen molar-refractivity contribution in [3.8, 4) is 0 Å². The zero-order valence-electron chi connectivity index (χ0n) is 19.5. The second kappa shape index (κ2) is 10.3. The standard InChI is InChI=1S/C23H39N5O2S/c1-5-24-22(25-18-23(2,3)26-31(4,29)30)28-15-13-21-20(17-28)12-9-14-27(21)16-19-10-7-6-8-11-19/h6-8,10-11,20-21,26H,5,9,12-18H2,1-4H3,(H,24,25). The van der Waals surface area contributed by atoms with Gasteiger partial charge in [-0.2, -0.15) is 0 Å². The Hall–Kier alpha value is -1.64. The van der Waals surface area contributed by atoms with Gasteiger partial charge >= 0.3 is 0 Å². The maximum absolute atomic E-state index is 11.6. The molecule has 2 heterocycles. The van der Waals surface area contributed by atoms with Gasteiger partial charge in [-0.05, 0) is 58.1 Å². The van der Waals surface area contributed by atoms with Crippen LogP contribution in [0, 0.1) is 5.92 Å². The number of fused-ring (bicyclic) bond motifs is 1. The minimum Gasteiger partial charge on any atom is -0.357 e. The first-order valence-corrected chi connectivity index (χ1v) is 13.4. The molecule has 0 saturated carbocycles. The van der Waals surface area contributed by atoms with Crippen molar-refractivity contribution < 1.29 is 8.42 Å². The van der Waals surface area contributed by atoms with E-state index in [2.05, 4.69) is 57.1 Å². The summed E-state index contributed by atoms with van der Waals surface area (Å²) in [6, 6.07) is 11.4. The highest BCUT2D eigenvalue weighted by Crippen LogP contribution is 2.31. The zero-order chi connectivity index (χ0) is 22.5. The second-order valence-electron chi connectivity index (χ2n) is 9.59. The average molecular weight is 450 g/mol. The lowest BCUT2D eigenvalue weighted by atomic mass is 9.83. The molecular weight excluding hydrogens is 410 g/mol. The molecule has 2 saturated heterocycles. The number of aliphatic imine (C=N–C) groups is 1. The van der Waals surface area contributed by atoms with E-state index in [9.17, 15) is 8.42 Å². The molecule has 31 heavy (non-hydrogen) atoms. The van der Waals surface area contributed by atoms with Gasteiger partial charge in [0.2, 0.25) is 10.0 Å². The summed E-state index contributed by atoms with van der Waals surface area (Å²) in [5, 5.41) is 3.42. The number of likely N-dealkylation sites (tertiary alicyclic amines) is 2. The number of hydrogen-bond acceptors (Lipinski definition) is 4. The fraction of sp³-hybridized carbons (Fsp3) is 0.696. The van der Waals surface area contributed by atoms with Crippen LogP contribution >= 0.6 is 0 Å². The quantitative estimate of drug-likeness (QED) is 0.493. The van der Waals surface area contributed by atoms with E-state index >= 15 is 0 Å². The third-order valence-electron chi connectivity index (χ3n) is 6.13. The number of nitrogens with zero attached hydrogens (tertiary/aromatic N) is 3. The lowest BCUT2D eigenvalue weighted by Crippen LogP contribution is -2.57. The fourth-order valence-electron chi connectivity index (χ4n) is 4.95. The molecule has 0 aromatic heterocycles. The number of benzene rings is 1. The Morgan fingerprint density at radius 3 is 2.61 bits per heavy atom. The molecule has 2 atom stereocenters. The van der Waals surface area contributed by atoms with Crippen LogP contribution in [-0.2, 0) is 16.6 Å². The van der Waals surface area contributed by atoms with E-state index in [-0.39, 0.29) is 0 Å². The van der Waals surface area contributed by atoms with E-state index in [4.69, 9.17) is 4.99 Å². The first kappa shape index (κ1) is 24.0. The molecule has 2 fully saturated rings. The third kappa shape index (κ3) is 7.19. The molecular formula is C23H39N5O2S. The first-order valence-electron chi connectivity index (χ1n) is 11.5. The molecule has 2 aliphatic heterocycles. The van der Waals surface area contributed by atoms with E-state index in [1.54, 1.807) is 0 Å². The largest absolute Gasteiger partial charge is 0.357 e. The summed E-state index contributed by atoms with van der Waals surface area (Å²) in [7, 11) is -3.27. The Morgan fingerprint density at radius 1 is 1.19 bits per heavy atom. The molecule has 3 rings (SSSR count). The summed E-state index contributed by atoms with van der Waals surface area (Å²) >= 11 is 0. The number of sulfonamides is 1. The van der Waals surface area contributed by atoms with Gasteiger partial charge in [-0.1, -0.05) is 30.3 Å². The van der Waals surface area contributed by atoms with Gasteiger partial charge in [-0.25, -0.2) is 13.1 Å². The number of guanidine groups is 1. The van der Waals surface area contributed by atoms with Crippen LogP contribution in [0.25, 0.3) is 0 Å². The van der Waals surface area contributed by atoms with E-state index in [1.165, 1.54) is 31.2 Å². The van der Waals surface area contributed by atoms with Gasteiger partial charge in [0.1, 0.15) is 0 Å². The molecule has 174 valence electrons. The molecule has 0 radical (unpaired) electrons. The van der Waals surface area contributed by atoms with Crippen molar-refractivity contribution in [2.24, 2.45) is 10.9 Å². The Labute approximate surface area is 188 Å². The highest BCUT2D eigenvalue weighted by molar-refractivity contribution is 7.88. The monoisotopic (exact) mass is 449 g/mol. The van der Waals surface area contributed by atoms with Crippen LogP contribution in [0.4, 0.5) is 0 Å². The number of hydrogen-bond donors (Lipinski definition) is 2. The topological polar surface area (TPSA) is 77.0 Å². The molecule has 1 aromatic carbocycles. The molecule has 0 aliphatic carbocycles. The van der Waals surface area contributed by atoms with E-state index in [0.29, 0.717) is 18.5 Å². The van der Waals surface area contributed by atoms with Gasteiger partial charge < -0.3 is 10.2 Å². The van der Waals surface area contributed by atoms with E-state index in [1.807, 2.05) is 13.8 Å². The number of piperidine rings is 2. The smallest absolute Gasteiger partial charge is 0.209 e. The van der Waals surface area contributed by atoms with Gasteiger partial charge in [-0.15, -0.1) is 0 Å². The first-order chi connectivity index (χ1) is 14.7. The van der Waals surface area contributed by atoms with Gasteiger partial charge in [0.05, 0.1) is 12.8 Å². The molecule has 2 N–H and O–H groups in total.